The molecule has 0 bridgehead atoms. The molecular weight excluding hydrogens is 409 g/mol. The molecule has 0 unspecified atom stereocenters. The molecule has 28 heavy (non-hydrogen) atoms. The lowest BCUT2D eigenvalue weighted by atomic mass is 10.2. The van der Waals surface area contributed by atoms with E-state index >= 15 is 0 Å². The molecule has 1 amide bonds. The van der Waals surface area contributed by atoms with E-state index in [9.17, 15) is 26.0 Å². The van der Waals surface area contributed by atoms with Crippen LogP contribution in [-0.2, 0) is 24.8 Å². The zero-order valence-electron chi connectivity index (χ0n) is 15.1. The Labute approximate surface area is 162 Å². The Morgan fingerprint density at radius 2 is 1.64 bits per heavy atom. The molecule has 0 aliphatic carbocycles. The lowest BCUT2D eigenvalue weighted by Gasteiger charge is -2.13. The predicted octanol–water partition coefficient (Wildman–Crippen LogP) is 1.76. The van der Waals surface area contributed by atoms with E-state index < -0.39 is 37.5 Å². The third-order valence-electron chi connectivity index (χ3n) is 4.41. The van der Waals surface area contributed by atoms with Crippen LogP contribution in [0.15, 0.2) is 47.4 Å². The van der Waals surface area contributed by atoms with E-state index in [1.54, 1.807) is 18.2 Å². The number of carbonyl (C=O) groups is 1. The van der Waals surface area contributed by atoms with Gasteiger partial charge in [0, 0.05) is 26.6 Å². The van der Waals surface area contributed by atoms with Crippen molar-refractivity contribution in [2.45, 2.75) is 11.3 Å². The van der Waals surface area contributed by atoms with Crippen LogP contribution in [0.3, 0.4) is 0 Å². The number of amides is 1. The van der Waals surface area contributed by atoms with Gasteiger partial charge in [0.1, 0.15) is 5.82 Å². The highest BCUT2D eigenvalue weighted by Crippen LogP contribution is 2.41. The summed E-state index contributed by atoms with van der Waals surface area (Å²) in [4.78, 5) is 12.2. The fraction of sp³-hybridized carbons (Fsp3) is 0.235. The first-order valence-corrected chi connectivity index (χ1v) is 11.2. The summed E-state index contributed by atoms with van der Waals surface area (Å²) in [6.07, 6.45) is -0.373. The van der Waals surface area contributed by atoms with Crippen LogP contribution in [0, 0.1) is 5.82 Å². The molecule has 0 saturated heterocycles. The Bertz CT molecular complexity index is 1130. The van der Waals surface area contributed by atoms with E-state index in [0.717, 1.165) is 14.7 Å². The summed E-state index contributed by atoms with van der Waals surface area (Å²) in [5, 5.41) is 2.31. The molecule has 1 aliphatic rings. The van der Waals surface area contributed by atoms with Crippen LogP contribution < -0.4 is 13.9 Å². The summed E-state index contributed by atoms with van der Waals surface area (Å²) >= 11 is 0. The summed E-state index contributed by atoms with van der Waals surface area (Å²) in [7, 11) is -4.82. The van der Waals surface area contributed by atoms with E-state index in [1.807, 2.05) is 0 Å². The van der Waals surface area contributed by atoms with Crippen molar-refractivity contribution < 1.29 is 26.0 Å². The average molecular weight is 427 g/mol. The first-order valence-electron chi connectivity index (χ1n) is 8.18. The van der Waals surface area contributed by atoms with E-state index in [2.05, 4.69) is 5.32 Å². The van der Waals surface area contributed by atoms with Crippen molar-refractivity contribution in [2.24, 2.45) is 0 Å². The molecule has 150 valence electrons. The molecule has 2 aromatic rings. The van der Waals surface area contributed by atoms with E-state index in [0.29, 0.717) is 0 Å². The van der Waals surface area contributed by atoms with Gasteiger partial charge in [-0.1, -0.05) is 18.2 Å². The molecule has 0 spiro atoms. The van der Waals surface area contributed by atoms with Crippen LogP contribution in [0.4, 0.5) is 21.5 Å². The van der Waals surface area contributed by atoms with Crippen molar-refractivity contribution in [3.05, 3.63) is 48.3 Å². The number of nitrogens with zero attached hydrogens (tertiary/aromatic N) is 2. The number of hydrogen-bond donors (Lipinski definition) is 1. The van der Waals surface area contributed by atoms with Gasteiger partial charge in [0.25, 0.3) is 0 Å². The van der Waals surface area contributed by atoms with Gasteiger partial charge < -0.3 is 5.32 Å². The summed E-state index contributed by atoms with van der Waals surface area (Å²) < 4.78 is 64.9. The van der Waals surface area contributed by atoms with E-state index in [4.69, 9.17) is 0 Å². The molecule has 1 heterocycles. The Kier molecular flexibility index (Phi) is 5.06. The Hall–Kier alpha value is -2.66. The fourth-order valence-electron chi connectivity index (χ4n) is 2.77. The third-order valence-corrected chi connectivity index (χ3v) is 7.92. The molecule has 1 N–H and O–H groups in total. The number of rotatable bonds is 5. The van der Waals surface area contributed by atoms with Gasteiger partial charge in [-0.3, -0.25) is 13.4 Å². The number of anilines is 3. The van der Waals surface area contributed by atoms with Crippen LogP contribution in [0.2, 0.25) is 0 Å². The molecule has 0 saturated carbocycles. The normalized spacial score (nSPS) is 15.4. The van der Waals surface area contributed by atoms with Gasteiger partial charge in [-0.05, 0) is 18.2 Å². The predicted molar refractivity (Wildman–Crippen MR) is 104 cm³/mol. The summed E-state index contributed by atoms with van der Waals surface area (Å²) in [5.41, 5.74) is 0.124. The monoisotopic (exact) mass is 427 g/mol. The van der Waals surface area contributed by atoms with Crippen LogP contribution >= 0.6 is 0 Å². The van der Waals surface area contributed by atoms with Gasteiger partial charge in [-0.15, -0.1) is 0 Å². The molecule has 0 atom stereocenters. The van der Waals surface area contributed by atoms with Crippen molar-refractivity contribution in [1.82, 2.24) is 0 Å². The maximum absolute atomic E-state index is 14.3. The second-order valence-corrected chi connectivity index (χ2v) is 10.3. The van der Waals surface area contributed by atoms with Crippen LogP contribution in [0.25, 0.3) is 0 Å². The maximum Gasteiger partial charge on any atom is 0.326 e. The molecule has 1 aliphatic heterocycles. The summed E-state index contributed by atoms with van der Waals surface area (Å²) in [6.45, 7) is 0. The SMILES string of the molecule is CN1c2cc(F)c(NC(=O)CCS(=O)(=O)c3ccccc3)cc2N(C)S1(=O)=O. The van der Waals surface area contributed by atoms with Gasteiger partial charge in [0.2, 0.25) is 5.91 Å². The quantitative estimate of drug-likeness (QED) is 0.783. The van der Waals surface area contributed by atoms with Gasteiger partial charge in [-0.25, -0.2) is 12.8 Å². The topological polar surface area (TPSA) is 104 Å². The Morgan fingerprint density at radius 1 is 1.07 bits per heavy atom. The molecule has 0 fully saturated rings. The number of carbonyl (C=O) groups excluding carboxylic acids is 1. The minimum atomic E-state index is -3.78. The summed E-state index contributed by atoms with van der Waals surface area (Å²) in [5.74, 6) is -1.96. The number of fused-ring (bicyclic) bond motifs is 1. The Balaban J connectivity index is 1.75. The van der Waals surface area contributed by atoms with Crippen molar-refractivity contribution in [2.75, 3.05) is 33.8 Å². The highest BCUT2D eigenvalue weighted by molar-refractivity contribution is 7.94. The molecule has 8 nitrogen and oxygen atoms in total. The second-order valence-electron chi connectivity index (χ2n) is 6.19. The summed E-state index contributed by atoms with van der Waals surface area (Å²) in [6, 6.07) is 9.91. The molecule has 11 heteroatoms. The zero-order chi connectivity index (χ0) is 20.7. The van der Waals surface area contributed by atoms with Crippen molar-refractivity contribution in [3.8, 4) is 0 Å². The van der Waals surface area contributed by atoms with Gasteiger partial charge in [-0.2, -0.15) is 8.42 Å². The van der Waals surface area contributed by atoms with E-state index in [-0.39, 0.29) is 28.4 Å². The average Bonchev–Trinajstić information content (AvgIpc) is 2.82. The minimum Gasteiger partial charge on any atom is -0.324 e. The smallest absolute Gasteiger partial charge is 0.324 e. The standard InChI is InChI=1S/C17H18FN3O5S2/c1-20-15-10-13(18)14(11-16(15)21(2)28(20,25)26)19-17(22)8-9-27(23,24)12-6-4-3-5-7-12/h3-7,10-11H,8-9H2,1-2H3,(H,19,22). The number of hydrogen-bond acceptors (Lipinski definition) is 5. The van der Waals surface area contributed by atoms with Crippen LogP contribution in [0.1, 0.15) is 6.42 Å². The van der Waals surface area contributed by atoms with Gasteiger partial charge >= 0.3 is 10.2 Å². The largest absolute Gasteiger partial charge is 0.326 e. The molecule has 3 rings (SSSR count). The number of benzene rings is 2. The van der Waals surface area contributed by atoms with Crippen molar-refractivity contribution in [1.29, 1.82) is 0 Å². The molecular formula is C17H18FN3O5S2. The van der Waals surface area contributed by atoms with Gasteiger partial charge in [0.05, 0.1) is 27.7 Å². The molecule has 2 aromatic carbocycles. The number of sulfone groups is 1. The first-order chi connectivity index (χ1) is 13.0. The number of halogens is 1. The molecule has 0 radical (unpaired) electrons. The lowest BCUT2D eigenvalue weighted by Crippen LogP contribution is -2.32. The fourth-order valence-corrected chi connectivity index (χ4v) is 5.19. The van der Waals surface area contributed by atoms with Crippen LogP contribution in [0.5, 0.6) is 0 Å². The number of nitrogens with one attached hydrogen (secondary N) is 1. The third kappa shape index (κ3) is 3.54. The minimum absolute atomic E-state index is 0.0985. The second kappa shape index (κ2) is 7.06. The zero-order valence-corrected chi connectivity index (χ0v) is 16.7. The lowest BCUT2D eigenvalue weighted by molar-refractivity contribution is -0.115. The van der Waals surface area contributed by atoms with Gasteiger partial charge in [0.15, 0.2) is 9.84 Å². The highest BCUT2D eigenvalue weighted by Gasteiger charge is 2.36. The highest BCUT2D eigenvalue weighted by atomic mass is 32.2. The van der Waals surface area contributed by atoms with E-state index in [1.165, 1.54) is 32.3 Å². The molecule has 0 aromatic heterocycles. The first kappa shape index (κ1) is 20.1. The van der Waals surface area contributed by atoms with Crippen LogP contribution in [-0.4, -0.2) is 42.6 Å². The Morgan fingerprint density at radius 3 is 2.25 bits per heavy atom. The maximum atomic E-state index is 14.3. The van der Waals surface area contributed by atoms with Crippen molar-refractivity contribution in [3.63, 3.8) is 0 Å². The van der Waals surface area contributed by atoms with Crippen molar-refractivity contribution >= 4 is 43.0 Å².